The molecule has 1 amide bonds. The van der Waals surface area contributed by atoms with Gasteiger partial charge in [-0.25, -0.2) is 4.39 Å². The van der Waals surface area contributed by atoms with Gasteiger partial charge in [0.05, 0.1) is 18.0 Å². The largest absolute Gasteiger partial charge is 0.373 e. The molecule has 2 atom stereocenters. The molecule has 3 aromatic rings. The fraction of sp³-hybridized carbons (Fsp3) is 0.400. The van der Waals surface area contributed by atoms with Gasteiger partial charge in [0.25, 0.3) is 0 Å². The lowest BCUT2D eigenvalue weighted by atomic mass is 10.2. The van der Waals surface area contributed by atoms with Crippen LogP contribution >= 0.6 is 11.8 Å². The monoisotopic (exact) mass is 483 g/mol. The summed E-state index contributed by atoms with van der Waals surface area (Å²) < 4.78 is 21.1. The van der Waals surface area contributed by atoms with Crippen molar-refractivity contribution < 1.29 is 13.9 Å². The first kappa shape index (κ1) is 24.4. The number of amides is 1. The first-order chi connectivity index (χ1) is 16.5. The van der Waals surface area contributed by atoms with E-state index in [1.807, 2.05) is 34.9 Å². The molecule has 9 heteroatoms. The zero-order chi connectivity index (χ0) is 23.9. The SMILES string of the molecule is CC1CN(CCCNC(=O)CSc2nnc(-c3ccc(F)cc3)n2-c2ccccc2)CC(C)O1. The maximum Gasteiger partial charge on any atom is 0.230 e. The summed E-state index contributed by atoms with van der Waals surface area (Å²) in [6.07, 6.45) is 1.39. The number of hydrogen-bond donors (Lipinski definition) is 1. The average Bonchev–Trinajstić information content (AvgIpc) is 3.25. The molecule has 1 saturated heterocycles. The van der Waals surface area contributed by atoms with Crippen LogP contribution < -0.4 is 5.32 Å². The van der Waals surface area contributed by atoms with Crippen molar-refractivity contribution in [1.82, 2.24) is 25.0 Å². The lowest BCUT2D eigenvalue weighted by molar-refractivity contribution is -0.118. The first-order valence-corrected chi connectivity index (χ1v) is 12.5. The van der Waals surface area contributed by atoms with Crippen molar-refractivity contribution in [2.75, 3.05) is 31.9 Å². The van der Waals surface area contributed by atoms with Gasteiger partial charge in [0.15, 0.2) is 11.0 Å². The zero-order valence-corrected chi connectivity index (χ0v) is 20.3. The van der Waals surface area contributed by atoms with E-state index >= 15 is 0 Å². The topological polar surface area (TPSA) is 72.3 Å². The third kappa shape index (κ3) is 6.43. The van der Waals surface area contributed by atoms with Crippen LogP contribution in [0.15, 0.2) is 59.8 Å². The van der Waals surface area contributed by atoms with Crippen molar-refractivity contribution in [3.8, 4) is 17.1 Å². The molecule has 4 rings (SSSR count). The van der Waals surface area contributed by atoms with E-state index in [1.165, 1.54) is 23.9 Å². The molecule has 2 heterocycles. The second-order valence-electron chi connectivity index (χ2n) is 8.49. The highest BCUT2D eigenvalue weighted by atomic mass is 32.2. The average molecular weight is 484 g/mol. The molecule has 2 unspecified atom stereocenters. The summed E-state index contributed by atoms with van der Waals surface area (Å²) >= 11 is 1.33. The molecule has 1 N–H and O–H groups in total. The minimum atomic E-state index is -0.307. The Morgan fingerprint density at radius 1 is 1.09 bits per heavy atom. The molecule has 1 aromatic heterocycles. The minimum Gasteiger partial charge on any atom is -0.373 e. The van der Waals surface area contributed by atoms with Crippen molar-refractivity contribution >= 4 is 17.7 Å². The van der Waals surface area contributed by atoms with Gasteiger partial charge < -0.3 is 10.1 Å². The summed E-state index contributed by atoms with van der Waals surface area (Å²) in [5.41, 5.74) is 1.63. The predicted molar refractivity (Wildman–Crippen MR) is 132 cm³/mol. The highest BCUT2D eigenvalue weighted by Crippen LogP contribution is 2.28. The molecular weight excluding hydrogens is 453 g/mol. The van der Waals surface area contributed by atoms with E-state index in [4.69, 9.17) is 4.74 Å². The molecule has 0 bridgehead atoms. The summed E-state index contributed by atoms with van der Waals surface area (Å²) in [4.78, 5) is 14.9. The van der Waals surface area contributed by atoms with Crippen LogP contribution in [-0.2, 0) is 9.53 Å². The maximum atomic E-state index is 13.4. The fourth-order valence-electron chi connectivity index (χ4n) is 4.14. The minimum absolute atomic E-state index is 0.0420. The van der Waals surface area contributed by atoms with Gasteiger partial charge in [-0.1, -0.05) is 30.0 Å². The lowest BCUT2D eigenvalue weighted by Gasteiger charge is -2.35. The van der Waals surface area contributed by atoms with Gasteiger partial charge in [-0.2, -0.15) is 0 Å². The number of morpholine rings is 1. The summed E-state index contributed by atoms with van der Waals surface area (Å²) in [5.74, 6) is 0.487. The molecule has 0 aliphatic carbocycles. The van der Waals surface area contributed by atoms with E-state index in [-0.39, 0.29) is 29.7 Å². The van der Waals surface area contributed by atoms with Crippen LogP contribution in [0.5, 0.6) is 0 Å². The Balaban J connectivity index is 1.34. The number of rotatable bonds is 9. The number of thioether (sulfide) groups is 1. The number of hydrogen-bond acceptors (Lipinski definition) is 6. The number of para-hydroxylation sites is 1. The van der Waals surface area contributed by atoms with Gasteiger partial charge in [-0.15, -0.1) is 10.2 Å². The molecule has 2 aromatic carbocycles. The van der Waals surface area contributed by atoms with Crippen molar-refractivity contribution in [3.63, 3.8) is 0 Å². The summed E-state index contributed by atoms with van der Waals surface area (Å²) in [5, 5.41) is 12.3. The van der Waals surface area contributed by atoms with Crippen molar-refractivity contribution in [3.05, 3.63) is 60.4 Å². The van der Waals surface area contributed by atoms with Crippen molar-refractivity contribution in [1.29, 1.82) is 0 Å². The first-order valence-electron chi connectivity index (χ1n) is 11.5. The molecule has 0 spiro atoms. The van der Waals surface area contributed by atoms with Gasteiger partial charge >= 0.3 is 0 Å². The van der Waals surface area contributed by atoms with Gasteiger partial charge in [0.2, 0.25) is 5.91 Å². The molecule has 0 radical (unpaired) electrons. The number of nitrogens with zero attached hydrogens (tertiary/aromatic N) is 4. The number of nitrogens with one attached hydrogen (secondary N) is 1. The van der Waals surface area contributed by atoms with Crippen LogP contribution in [0.3, 0.4) is 0 Å². The van der Waals surface area contributed by atoms with Crippen LogP contribution in [0.2, 0.25) is 0 Å². The Bertz CT molecular complexity index is 1070. The number of carbonyl (C=O) groups excluding carboxylic acids is 1. The van der Waals surface area contributed by atoms with Crippen LogP contribution in [0.4, 0.5) is 4.39 Å². The van der Waals surface area contributed by atoms with Crippen molar-refractivity contribution in [2.45, 2.75) is 37.6 Å². The van der Waals surface area contributed by atoms with E-state index in [0.29, 0.717) is 17.5 Å². The highest BCUT2D eigenvalue weighted by Gasteiger charge is 2.21. The second-order valence-corrected chi connectivity index (χ2v) is 9.44. The molecule has 1 aliphatic rings. The van der Waals surface area contributed by atoms with E-state index < -0.39 is 0 Å². The summed E-state index contributed by atoms with van der Waals surface area (Å²) in [7, 11) is 0. The Kier molecular flexibility index (Phi) is 8.31. The van der Waals surface area contributed by atoms with Crippen LogP contribution in [0, 0.1) is 5.82 Å². The van der Waals surface area contributed by atoms with E-state index in [1.54, 1.807) is 12.1 Å². The molecule has 0 saturated carbocycles. The molecule has 7 nitrogen and oxygen atoms in total. The Morgan fingerprint density at radius 2 is 1.79 bits per heavy atom. The van der Waals surface area contributed by atoms with Gasteiger partial charge in [0, 0.05) is 37.4 Å². The van der Waals surface area contributed by atoms with Gasteiger partial charge in [-0.3, -0.25) is 14.3 Å². The predicted octanol–water partition coefficient (Wildman–Crippen LogP) is 3.78. The van der Waals surface area contributed by atoms with Crippen LogP contribution in [0.1, 0.15) is 20.3 Å². The van der Waals surface area contributed by atoms with Gasteiger partial charge in [0.1, 0.15) is 5.82 Å². The third-order valence-electron chi connectivity index (χ3n) is 5.55. The Hall–Kier alpha value is -2.75. The van der Waals surface area contributed by atoms with Gasteiger partial charge in [-0.05, 0) is 56.7 Å². The molecular formula is C25H30FN5O2S. The standard InChI is InChI=1S/C25H30FN5O2S/c1-18-15-30(16-19(2)33-18)14-6-13-27-23(32)17-34-25-29-28-24(20-9-11-21(26)12-10-20)31(25)22-7-4-3-5-8-22/h3-5,7-12,18-19H,6,13-17H2,1-2H3,(H,27,32). The maximum absolute atomic E-state index is 13.4. The Morgan fingerprint density at radius 3 is 2.50 bits per heavy atom. The van der Waals surface area contributed by atoms with E-state index in [2.05, 4.69) is 34.3 Å². The quantitative estimate of drug-likeness (QED) is 0.369. The highest BCUT2D eigenvalue weighted by molar-refractivity contribution is 7.99. The molecule has 34 heavy (non-hydrogen) atoms. The smallest absolute Gasteiger partial charge is 0.230 e. The number of benzene rings is 2. The number of aromatic nitrogens is 3. The number of carbonyl (C=O) groups is 1. The Labute approximate surface area is 203 Å². The normalized spacial score (nSPS) is 18.7. The zero-order valence-electron chi connectivity index (χ0n) is 19.5. The van der Waals surface area contributed by atoms with E-state index in [9.17, 15) is 9.18 Å². The van der Waals surface area contributed by atoms with Crippen molar-refractivity contribution in [2.24, 2.45) is 0 Å². The van der Waals surface area contributed by atoms with E-state index in [0.717, 1.165) is 37.3 Å². The summed E-state index contributed by atoms with van der Waals surface area (Å²) in [6.45, 7) is 7.62. The third-order valence-corrected chi connectivity index (χ3v) is 6.48. The summed E-state index contributed by atoms with van der Waals surface area (Å²) in [6, 6.07) is 15.9. The fourth-order valence-corrected chi connectivity index (χ4v) is 4.92. The molecule has 1 aliphatic heterocycles. The van der Waals surface area contributed by atoms with Crippen LogP contribution in [0.25, 0.3) is 17.1 Å². The lowest BCUT2D eigenvalue weighted by Crippen LogP contribution is -2.46. The number of ether oxygens (including phenoxy) is 1. The van der Waals surface area contributed by atoms with Crippen LogP contribution in [-0.4, -0.2) is 69.7 Å². The molecule has 1 fully saturated rings. The second kappa shape index (κ2) is 11.6. The number of halogens is 1. The molecule has 180 valence electrons.